The molecule has 0 aliphatic carbocycles. The van der Waals surface area contributed by atoms with E-state index in [0.29, 0.717) is 20.5 Å². The lowest BCUT2D eigenvalue weighted by Gasteiger charge is -2.21. The van der Waals surface area contributed by atoms with Crippen LogP contribution in [0.1, 0.15) is 31.9 Å². The van der Waals surface area contributed by atoms with E-state index in [4.69, 9.17) is 11.6 Å². The van der Waals surface area contributed by atoms with Gasteiger partial charge in [-0.3, -0.25) is 0 Å². The Hall–Kier alpha value is -0.670. The van der Waals surface area contributed by atoms with Crippen molar-refractivity contribution in [1.82, 2.24) is 4.98 Å². The van der Waals surface area contributed by atoms with Crippen LogP contribution in [-0.2, 0) is 5.41 Å². The molecular weight excluding hydrogens is 317 g/mol. The number of pyridine rings is 1. The quantitative estimate of drug-likeness (QED) is 0.590. The van der Waals surface area contributed by atoms with Crippen LogP contribution in [0, 0.1) is 12.7 Å². The number of nitrogens with zero attached hydrogens (tertiary/aromatic N) is 1. The first kappa shape index (κ1) is 13.8. The van der Waals surface area contributed by atoms with Gasteiger partial charge in [0.15, 0.2) is 0 Å². The maximum atomic E-state index is 14.1. The van der Waals surface area contributed by atoms with Gasteiger partial charge in [-0.25, -0.2) is 9.37 Å². The summed E-state index contributed by atoms with van der Waals surface area (Å²) in [5.41, 5.74) is 2.21. The molecule has 0 N–H and O–H groups in total. The Bertz CT molecular complexity index is 632. The molecule has 18 heavy (non-hydrogen) atoms. The second-order valence-electron chi connectivity index (χ2n) is 5.46. The maximum absolute atomic E-state index is 14.1. The topological polar surface area (TPSA) is 12.9 Å². The van der Waals surface area contributed by atoms with Crippen LogP contribution in [-0.4, -0.2) is 4.98 Å². The molecule has 2 aromatic rings. The molecule has 0 radical (unpaired) electrons. The molecule has 0 fully saturated rings. The zero-order valence-corrected chi connectivity index (χ0v) is 13.1. The van der Waals surface area contributed by atoms with Crippen molar-refractivity contribution >= 4 is 38.4 Å². The van der Waals surface area contributed by atoms with Crippen LogP contribution in [0.25, 0.3) is 10.9 Å². The number of fused-ring (bicyclic) bond motifs is 1. The summed E-state index contributed by atoms with van der Waals surface area (Å²) in [5.74, 6) is -0.287. The molecule has 0 aliphatic rings. The second-order valence-corrected chi connectivity index (χ2v) is 6.67. The summed E-state index contributed by atoms with van der Waals surface area (Å²) in [6.07, 6.45) is 0. The summed E-state index contributed by atoms with van der Waals surface area (Å²) in [6.45, 7) is 7.99. The van der Waals surface area contributed by atoms with Gasteiger partial charge in [-0.05, 0) is 51.5 Å². The lowest BCUT2D eigenvalue weighted by molar-refractivity contribution is 0.587. The summed E-state index contributed by atoms with van der Waals surface area (Å²) >= 11 is 9.43. The Balaban J connectivity index is 2.90. The number of aryl methyl sites for hydroxylation is 1. The molecule has 0 aliphatic heterocycles. The van der Waals surface area contributed by atoms with Gasteiger partial charge in [-0.1, -0.05) is 32.4 Å². The highest BCUT2D eigenvalue weighted by molar-refractivity contribution is 9.10. The number of aromatic nitrogens is 1. The number of rotatable bonds is 0. The second kappa shape index (κ2) is 4.46. The number of benzene rings is 1. The lowest BCUT2D eigenvalue weighted by Crippen LogP contribution is -2.13. The maximum Gasteiger partial charge on any atom is 0.146 e. The average molecular weight is 331 g/mol. The number of hydrogen-bond acceptors (Lipinski definition) is 1. The molecule has 1 heterocycles. The fraction of sp³-hybridized carbons (Fsp3) is 0.357. The predicted molar refractivity (Wildman–Crippen MR) is 77.8 cm³/mol. The Kier molecular flexibility index (Phi) is 3.41. The van der Waals surface area contributed by atoms with E-state index < -0.39 is 0 Å². The van der Waals surface area contributed by atoms with Gasteiger partial charge < -0.3 is 0 Å². The van der Waals surface area contributed by atoms with Gasteiger partial charge in [0.1, 0.15) is 11.0 Å². The summed E-state index contributed by atoms with van der Waals surface area (Å²) in [6, 6.07) is 3.52. The normalized spacial score (nSPS) is 12.2. The van der Waals surface area contributed by atoms with Crippen LogP contribution in [0.5, 0.6) is 0 Å². The minimum Gasteiger partial charge on any atom is -0.235 e. The Morgan fingerprint density at radius 1 is 1.28 bits per heavy atom. The van der Waals surface area contributed by atoms with Crippen molar-refractivity contribution in [1.29, 1.82) is 0 Å². The van der Waals surface area contributed by atoms with Crippen molar-refractivity contribution in [2.75, 3.05) is 0 Å². The molecule has 0 atom stereocenters. The highest BCUT2D eigenvalue weighted by Gasteiger charge is 2.21. The minimum atomic E-state index is -0.287. The highest BCUT2D eigenvalue weighted by Crippen LogP contribution is 2.34. The zero-order chi connectivity index (χ0) is 13.7. The molecule has 0 saturated carbocycles. The molecular formula is C14H14BrClFN. The van der Waals surface area contributed by atoms with Crippen molar-refractivity contribution in [3.63, 3.8) is 0 Å². The monoisotopic (exact) mass is 329 g/mol. The predicted octanol–water partition coefficient (Wildman–Crippen LogP) is 5.40. The van der Waals surface area contributed by atoms with E-state index >= 15 is 0 Å². The van der Waals surface area contributed by atoms with Crippen molar-refractivity contribution in [3.05, 3.63) is 38.7 Å². The smallest absolute Gasteiger partial charge is 0.146 e. The van der Waals surface area contributed by atoms with E-state index in [1.165, 1.54) is 0 Å². The standard InChI is InChI=1S/C14H14BrClFN/c1-7-5-10(15)11(17)8-6-9(14(2,3)4)13(16)18-12(7)8/h5-6H,1-4H3. The van der Waals surface area contributed by atoms with E-state index in [1.807, 2.05) is 27.7 Å². The van der Waals surface area contributed by atoms with Gasteiger partial charge >= 0.3 is 0 Å². The average Bonchev–Trinajstić information content (AvgIpc) is 2.24. The van der Waals surface area contributed by atoms with Crippen LogP contribution >= 0.6 is 27.5 Å². The van der Waals surface area contributed by atoms with E-state index in [1.54, 1.807) is 12.1 Å². The summed E-state index contributed by atoms with van der Waals surface area (Å²) in [4.78, 5) is 4.35. The molecule has 0 unspecified atom stereocenters. The molecule has 2 rings (SSSR count). The third-order valence-electron chi connectivity index (χ3n) is 2.95. The van der Waals surface area contributed by atoms with Crippen LogP contribution in [0.4, 0.5) is 4.39 Å². The first-order valence-corrected chi connectivity index (χ1v) is 6.84. The largest absolute Gasteiger partial charge is 0.235 e. The van der Waals surface area contributed by atoms with Gasteiger partial charge in [-0.2, -0.15) is 0 Å². The fourth-order valence-electron chi connectivity index (χ4n) is 1.94. The summed E-state index contributed by atoms with van der Waals surface area (Å²) < 4.78 is 14.6. The first-order chi connectivity index (χ1) is 8.21. The molecule has 1 nitrogen and oxygen atoms in total. The van der Waals surface area contributed by atoms with Gasteiger partial charge in [0.05, 0.1) is 9.99 Å². The van der Waals surface area contributed by atoms with Crippen molar-refractivity contribution in [2.24, 2.45) is 0 Å². The van der Waals surface area contributed by atoms with Gasteiger partial charge in [0.25, 0.3) is 0 Å². The van der Waals surface area contributed by atoms with Crippen LogP contribution < -0.4 is 0 Å². The zero-order valence-electron chi connectivity index (χ0n) is 10.7. The number of halogens is 3. The fourth-order valence-corrected chi connectivity index (χ4v) is 2.91. The van der Waals surface area contributed by atoms with E-state index in [-0.39, 0.29) is 11.2 Å². The summed E-state index contributed by atoms with van der Waals surface area (Å²) in [5, 5.41) is 0.955. The van der Waals surface area contributed by atoms with Crippen molar-refractivity contribution in [3.8, 4) is 0 Å². The Labute approximate surface area is 119 Å². The molecule has 0 saturated heterocycles. The van der Waals surface area contributed by atoms with Crippen LogP contribution in [0.2, 0.25) is 5.15 Å². The van der Waals surface area contributed by atoms with Gasteiger partial charge in [-0.15, -0.1) is 0 Å². The molecule has 1 aromatic carbocycles. The Morgan fingerprint density at radius 2 is 1.89 bits per heavy atom. The van der Waals surface area contributed by atoms with Crippen LogP contribution in [0.3, 0.4) is 0 Å². The Morgan fingerprint density at radius 3 is 2.44 bits per heavy atom. The van der Waals surface area contributed by atoms with Gasteiger partial charge in [0, 0.05) is 5.39 Å². The number of hydrogen-bond donors (Lipinski definition) is 0. The van der Waals surface area contributed by atoms with Crippen molar-refractivity contribution in [2.45, 2.75) is 33.1 Å². The highest BCUT2D eigenvalue weighted by atomic mass is 79.9. The van der Waals surface area contributed by atoms with Crippen LogP contribution in [0.15, 0.2) is 16.6 Å². The molecule has 4 heteroatoms. The minimum absolute atomic E-state index is 0.166. The molecule has 1 aromatic heterocycles. The van der Waals surface area contributed by atoms with E-state index in [9.17, 15) is 4.39 Å². The summed E-state index contributed by atoms with van der Waals surface area (Å²) in [7, 11) is 0. The molecule has 0 amide bonds. The van der Waals surface area contributed by atoms with E-state index in [2.05, 4.69) is 20.9 Å². The van der Waals surface area contributed by atoms with E-state index in [0.717, 1.165) is 11.1 Å². The lowest BCUT2D eigenvalue weighted by atomic mass is 9.87. The SMILES string of the molecule is Cc1cc(Br)c(F)c2cc(C(C)(C)C)c(Cl)nc12. The third kappa shape index (κ3) is 2.26. The van der Waals surface area contributed by atoms with Gasteiger partial charge in [0.2, 0.25) is 0 Å². The molecule has 0 spiro atoms. The first-order valence-electron chi connectivity index (χ1n) is 5.67. The molecule has 96 valence electrons. The van der Waals surface area contributed by atoms with Crippen molar-refractivity contribution < 1.29 is 4.39 Å². The molecule has 0 bridgehead atoms. The third-order valence-corrected chi connectivity index (χ3v) is 3.81.